The number of aryl methyl sites for hydroxylation is 1. The first kappa shape index (κ1) is 16.2. The Morgan fingerprint density at radius 1 is 1.29 bits per heavy atom. The van der Waals surface area contributed by atoms with Crippen molar-refractivity contribution >= 4 is 22.8 Å². The van der Waals surface area contributed by atoms with E-state index in [4.69, 9.17) is 0 Å². The van der Waals surface area contributed by atoms with Gasteiger partial charge >= 0.3 is 5.69 Å². The zero-order valence-corrected chi connectivity index (χ0v) is 14.6. The third kappa shape index (κ3) is 2.38. The maximum atomic E-state index is 12.9. The fraction of sp³-hybridized carbons (Fsp3) is 0.500. The van der Waals surface area contributed by atoms with Crippen LogP contribution in [0.1, 0.15) is 27.7 Å². The summed E-state index contributed by atoms with van der Waals surface area (Å²) in [7, 11) is 1.63. The Kier molecular flexibility index (Phi) is 3.70. The van der Waals surface area contributed by atoms with E-state index in [1.165, 1.54) is 9.13 Å². The highest BCUT2D eigenvalue weighted by atomic mass is 16.2. The summed E-state index contributed by atoms with van der Waals surface area (Å²) < 4.78 is 4.43. The fourth-order valence-electron chi connectivity index (χ4n) is 2.69. The quantitative estimate of drug-likeness (QED) is 0.841. The molecular weight excluding hydrogens is 308 g/mol. The monoisotopic (exact) mass is 330 g/mol. The van der Waals surface area contributed by atoms with Gasteiger partial charge in [0.25, 0.3) is 5.56 Å². The van der Waals surface area contributed by atoms with Crippen LogP contribution in [-0.4, -0.2) is 24.4 Å². The van der Waals surface area contributed by atoms with E-state index in [0.29, 0.717) is 23.7 Å². The van der Waals surface area contributed by atoms with Crippen LogP contribution in [0.3, 0.4) is 0 Å². The number of imidazole rings is 1. The summed E-state index contributed by atoms with van der Waals surface area (Å²) in [5.41, 5.74) is 3.77. The molecule has 0 atom stereocenters. The molecular formula is C16H22N6O2. The lowest BCUT2D eigenvalue weighted by atomic mass is 9.90. The summed E-state index contributed by atoms with van der Waals surface area (Å²) in [5.74, 6) is 0.480. The minimum absolute atomic E-state index is 0.133. The Morgan fingerprint density at radius 2 is 2.00 bits per heavy atom. The van der Waals surface area contributed by atoms with Gasteiger partial charge in [-0.25, -0.2) is 10.2 Å². The highest BCUT2D eigenvalue weighted by molar-refractivity contribution is 5.92. The van der Waals surface area contributed by atoms with Crippen LogP contribution < -0.4 is 16.7 Å². The zero-order valence-electron chi connectivity index (χ0n) is 14.6. The molecule has 128 valence electrons. The Balaban J connectivity index is 2.27. The molecule has 0 amide bonds. The first-order valence-electron chi connectivity index (χ1n) is 7.90. The number of hydrogen-bond acceptors (Lipinski definition) is 5. The van der Waals surface area contributed by atoms with Crippen molar-refractivity contribution in [3.05, 3.63) is 33.0 Å². The van der Waals surface area contributed by atoms with Crippen molar-refractivity contribution < 1.29 is 0 Å². The van der Waals surface area contributed by atoms with Crippen molar-refractivity contribution in [1.82, 2.24) is 18.7 Å². The Labute approximate surface area is 139 Å². The molecule has 1 N–H and O–H groups in total. The third-order valence-corrected chi connectivity index (χ3v) is 4.22. The number of rotatable bonds is 2. The van der Waals surface area contributed by atoms with Gasteiger partial charge in [0.05, 0.1) is 12.3 Å². The van der Waals surface area contributed by atoms with Crippen molar-refractivity contribution in [1.29, 1.82) is 0 Å². The number of nitrogens with one attached hydrogen (secondary N) is 1. The molecule has 2 aromatic heterocycles. The largest absolute Gasteiger partial charge is 0.332 e. The third-order valence-electron chi connectivity index (χ3n) is 4.22. The topological polar surface area (TPSA) is 86.2 Å². The number of fused-ring (bicyclic) bond motifs is 3. The van der Waals surface area contributed by atoms with Crippen LogP contribution in [0, 0.1) is 5.41 Å². The normalized spacial score (nSPS) is 14.8. The van der Waals surface area contributed by atoms with Gasteiger partial charge in [-0.1, -0.05) is 32.9 Å². The van der Waals surface area contributed by atoms with Crippen LogP contribution in [0.5, 0.6) is 0 Å². The van der Waals surface area contributed by atoms with Crippen LogP contribution in [0.25, 0.3) is 11.2 Å². The number of hydrogen-bond donors (Lipinski definition) is 1. The molecule has 8 heteroatoms. The van der Waals surface area contributed by atoms with Crippen LogP contribution in [0.15, 0.2) is 26.8 Å². The molecule has 1 aliphatic heterocycles. The highest BCUT2D eigenvalue weighted by Crippen LogP contribution is 2.25. The van der Waals surface area contributed by atoms with E-state index in [1.807, 2.05) is 13.0 Å². The van der Waals surface area contributed by atoms with Crippen LogP contribution in [0.4, 0.5) is 5.95 Å². The second-order valence-electron chi connectivity index (χ2n) is 6.94. The van der Waals surface area contributed by atoms with Crippen LogP contribution in [-0.2, 0) is 20.1 Å². The lowest BCUT2D eigenvalue weighted by molar-refractivity contribution is 0.562. The summed E-state index contributed by atoms with van der Waals surface area (Å²) in [6.45, 7) is 8.77. The molecule has 0 fully saturated rings. The minimum atomic E-state index is -0.377. The van der Waals surface area contributed by atoms with E-state index in [1.54, 1.807) is 17.7 Å². The van der Waals surface area contributed by atoms with E-state index in [9.17, 15) is 9.59 Å². The van der Waals surface area contributed by atoms with Crippen molar-refractivity contribution in [2.75, 3.05) is 5.43 Å². The number of nitrogens with zero attached hydrogens (tertiary/aromatic N) is 5. The van der Waals surface area contributed by atoms with Gasteiger partial charge in [0.1, 0.15) is 0 Å². The first-order chi connectivity index (χ1) is 11.3. The molecule has 8 nitrogen and oxygen atoms in total. The summed E-state index contributed by atoms with van der Waals surface area (Å²) >= 11 is 0. The average molecular weight is 330 g/mol. The standard InChI is InChI=1S/C16H22N6O2/c1-6-7-8-21-13(23)11-12(20(5)15(21)24)17-14-19-18-10(9-22(11)14)16(2,3)4/h6-7H,8-9H2,1-5H3,(H,17,19). The molecule has 0 saturated carbocycles. The van der Waals surface area contributed by atoms with Crippen molar-refractivity contribution in [3.63, 3.8) is 0 Å². The van der Waals surface area contributed by atoms with Gasteiger partial charge in [0, 0.05) is 19.0 Å². The predicted octanol–water partition coefficient (Wildman–Crippen LogP) is 1.30. The second-order valence-corrected chi connectivity index (χ2v) is 6.94. The van der Waals surface area contributed by atoms with Gasteiger partial charge in [-0.3, -0.25) is 18.5 Å². The molecule has 24 heavy (non-hydrogen) atoms. The number of aromatic nitrogens is 4. The van der Waals surface area contributed by atoms with Crippen molar-refractivity contribution in [2.45, 2.75) is 40.8 Å². The zero-order chi connectivity index (χ0) is 17.6. The summed E-state index contributed by atoms with van der Waals surface area (Å²) in [5, 5.41) is 4.37. The van der Waals surface area contributed by atoms with Gasteiger partial charge < -0.3 is 0 Å². The first-order valence-corrected chi connectivity index (χ1v) is 7.90. The molecule has 0 aromatic carbocycles. The maximum Gasteiger partial charge on any atom is 0.332 e. The molecule has 2 aromatic rings. The van der Waals surface area contributed by atoms with Crippen molar-refractivity contribution in [3.8, 4) is 0 Å². The predicted molar refractivity (Wildman–Crippen MR) is 94.6 cm³/mol. The van der Waals surface area contributed by atoms with E-state index in [0.717, 1.165) is 5.71 Å². The van der Waals surface area contributed by atoms with E-state index in [2.05, 4.69) is 36.3 Å². The molecule has 0 spiro atoms. The van der Waals surface area contributed by atoms with E-state index < -0.39 is 0 Å². The maximum absolute atomic E-state index is 12.9. The van der Waals surface area contributed by atoms with Gasteiger partial charge in [0.2, 0.25) is 5.95 Å². The van der Waals surface area contributed by atoms with Gasteiger partial charge in [-0.2, -0.15) is 10.1 Å². The number of allylic oxidation sites excluding steroid dienone is 2. The Bertz CT molecular complexity index is 981. The smallest absolute Gasteiger partial charge is 0.297 e. The highest BCUT2D eigenvalue weighted by Gasteiger charge is 2.28. The SMILES string of the molecule is CC=CCn1c(=O)c2c(nc3n2CC(C(C)(C)C)=NN3)n(C)c1=O. The number of hydrazone groups is 1. The Morgan fingerprint density at radius 3 is 2.62 bits per heavy atom. The number of anilines is 1. The molecule has 0 radical (unpaired) electrons. The molecule has 3 rings (SSSR count). The molecule has 0 saturated heterocycles. The summed E-state index contributed by atoms with van der Waals surface area (Å²) in [6, 6.07) is 0. The average Bonchev–Trinajstić information content (AvgIpc) is 2.91. The van der Waals surface area contributed by atoms with Gasteiger partial charge in [-0.05, 0) is 6.92 Å². The lowest BCUT2D eigenvalue weighted by Crippen LogP contribution is -2.40. The molecule has 0 aliphatic carbocycles. The van der Waals surface area contributed by atoms with Crippen LogP contribution >= 0.6 is 0 Å². The summed E-state index contributed by atoms with van der Waals surface area (Å²) in [6.07, 6.45) is 3.59. The minimum Gasteiger partial charge on any atom is -0.297 e. The molecule has 0 bridgehead atoms. The van der Waals surface area contributed by atoms with E-state index in [-0.39, 0.29) is 23.2 Å². The molecule has 3 heterocycles. The van der Waals surface area contributed by atoms with Gasteiger partial charge in [0.15, 0.2) is 11.2 Å². The van der Waals surface area contributed by atoms with E-state index >= 15 is 0 Å². The lowest BCUT2D eigenvalue weighted by Gasteiger charge is -2.25. The van der Waals surface area contributed by atoms with Gasteiger partial charge in [-0.15, -0.1) is 0 Å². The fourth-order valence-corrected chi connectivity index (χ4v) is 2.69. The summed E-state index contributed by atoms with van der Waals surface area (Å²) in [4.78, 5) is 29.7. The molecule has 0 unspecified atom stereocenters. The Hall–Kier alpha value is -2.64. The van der Waals surface area contributed by atoms with Crippen LogP contribution in [0.2, 0.25) is 0 Å². The van der Waals surface area contributed by atoms with Crippen molar-refractivity contribution in [2.24, 2.45) is 17.6 Å². The second kappa shape index (κ2) is 5.47. The molecule has 1 aliphatic rings.